The van der Waals surface area contributed by atoms with Gasteiger partial charge in [-0.3, -0.25) is 29.5 Å². The Morgan fingerprint density at radius 2 is 1.72 bits per heavy atom. The van der Waals surface area contributed by atoms with Crippen molar-refractivity contribution in [2.45, 2.75) is 63.3 Å². The van der Waals surface area contributed by atoms with E-state index in [2.05, 4.69) is 15.6 Å². The monoisotopic (exact) mass is 442 g/mol. The maximum absolute atomic E-state index is 12.9. The molecule has 4 rings (SSSR count). The van der Waals surface area contributed by atoms with Crippen molar-refractivity contribution < 1.29 is 24.3 Å². The molecule has 9 heteroatoms. The molecule has 2 aliphatic heterocycles. The number of aromatic nitrogens is 1. The largest absolute Gasteiger partial charge is 0.481 e. The van der Waals surface area contributed by atoms with Crippen LogP contribution in [0.3, 0.4) is 0 Å². The summed E-state index contributed by atoms with van der Waals surface area (Å²) in [7, 11) is 0. The molecule has 0 bridgehead atoms. The van der Waals surface area contributed by atoms with Crippen molar-refractivity contribution in [1.29, 1.82) is 0 Å². The molecule has 32 heavy (non-hydrogen) atoms. The number of carboxylic acid groups (broad SMARTS) is 1. The lowest BCUT2D eigenvalue weighted by Gasteiger charge is -2.35. The van der Waals surface area contributed by atoms with Gasteiger partial charge in [-0.15, -0.1) is 0 Å². The van der Waals surface area contributed by atoms with E-state index >= 15 is 0 Å². The van der Waals surface area contributed by atoms with E-state index in [1.165, 1.54) is 0 Å². The van der Waals surface area contributed by atoms with E-state index < -0.39 is 5.97 Å². The second-order valence-electron chi connectivity index (χ2n) is 9.14. The summed E-state index contributed by atoms with van der Waals surface area (Å²) in [5.74, 6) is -1.79. The summed E-state index contributed by atoms with van der Waals surface area (Å²) in [6.45, 7) is 1.07. The number of imide groups is 1. The number of hydrogen-bond acceptors (Lipinski definition) is 6. The van der Waals surface area contributed by atoms with Crippen molar-refractivity contribution in [3.63, 3.8) is 0 Å². The lowest BCUT2D eigenvalue weighted by atomic mass is 9.84. The Balaban J connectivity index is 1.27. The summed E-state index contributed by atoms with van der Waals surface area (Å²) in [5, 5.41) is 15.0. The van der Waals surface area contributed by atoms with Crippen molar-refractivity contribution in [1.82, 2.24) is 15.2 Å². The minimum absolute atomic E-state index is 0.00218. The Bertz CT molecular complexity index is 888. The molecular weight excluding hydrogens is 412 g/mol. The number of anilines is 1. The standard InChI is InChI=1S/C23H30N4O5/c28-20-6-5-19(21(29)26-20)16-11-18(13-24-12-16)25-17-3-1-14(2-4-17)22(30)27-9-7-15(8-10-27)23(31)32/h11-15,17,19,25H,1-10H2,(H,31,32)(H,26,28,29)/t14-,17-,19?. The van der Waals surface area contributed by atoms with Gasteiger partial charge in [0.1, 0.15) is 0 Å². The van der Waals surface area contributed by atoms with Crippen LogP contribution in [0.4, 0.5) is 5.69 Å². The topological polar surface area (TPSA) is 129 Å². The molecule has 0 spiro atoms. The molecule has 1 aromatic heterocycles. The lowest BCUT2D eigenvalue weighted by Crippen LogP contribution is -2.44. The van der Waals surface area contributed by atoms with Gasteiger partial charge in [-0.2, -0.15) is 0 Å². The Kier molecular flexibility index (Phi) is 6.72. The molecule has 1 unspecified atom stereocenters. The first-order valence-electron chi connectivity index (χ1n) is 11.5. The van der Waals surface area contributed by atoms with Gasteiger partial charge in [0.05, 0.1) is 17.5 Å². The normalized spacial score (nSPS) is 27.0. The molecule has 1 atom stereocenters. The average Bonchev–Trinajstić information content (AvgIpc) is 2.79. The molecule has 3 fully saturated rings. The zero-order valence-electron chi connectivity index (χ0n) is 18.1. The highest BCUT2D eigenvalue weighted by Crippen LogP contribution is 2.31. The lowest BCUT2D eigenvalue weighted by molar-refractivity contribution is -0.147. The van der Waals surface area contributed by atoms with Crippen molar-refractivity contribution in [3.05, 3.63) is 24.0 Å². The van der Waals surface area contributed by atoms with Crippen LogP contribution in [-0.4, -0.2) is 57.8 Å². The number of nitrogens with zero attached hydrogens (tertiary/aromatic N) is 2. The molecule has 0 radical (unpaired) electrons. The van der Waals surface area contributed by atoms with Crippen LogP contribution >= 0.6 is 0 Å². The first-order valence-corrected chi connectivity index (χ1v) is 11.5. The SMILES string of the molecule is O=C1CCC(c2cncc(N[C@H]3CC[C@H](C(=O)N4CCC(C(=O)O)CC4)CC3)c2)C(=O)N1. The number of pyridine rings is 1. The Morgan fingerprint density at radius 1 is 1.00 bits per heavy atom. The van der Waals surface area contributed by atoms with Gasteiger partial charge in [0, 0.05) is 43.9 Å². The summed E-state index contributed by atoms with van der Waals surface area (Å²) in [6.07, 6.45) is 8.64. The molecule has 9 nitrogen and oxygen atoms in total. The summed E-state index contributed by atoms with van der Waals surface area (Å²) < 4.78 is 0. The average molecular weight is 443 g/mol. The molecular formula is C23H30N4O5. The highest BCUT2D eigenvalue weighted by Gasteiger charge is 2.33. The van der Waals surface area contributed by atoms with Crippen molar-refractivity contribution in [2.24, 2.45) is 11.8 Å². The smallest absolute Gasteiger partial charge is 0.306 e. The highest BCUT2D eigenvalue weighted by molar-refractivity contribution is 6.00. The van der Waals surface area contributed by atoms with Crippen molar-refractivity contribution in [2.75, 3.05) is 18.4 Å². The molecule has 1 aliphatic carbocycles. The van der Waals surface area contributed by atoms with Crippen LogP contribution in [0.5, 0.6) is 0 Å². The van der Waals surface area contributed by atoms with Gasteiger partial charge < -0.3 is 15.3 Å². The molecule has 172 valence electrons. The number of carboxylic acids is 1. The molecule has 3 heterocycles. The third kappa shape index (κ3) is 5.08. The van der Waals surface area contributed by atoms with E-state index in [1.54, 1.807) is 12.4 Å². The molecule has 3 N–H and O–H groups in total. The van der Waals surface area contributed by atoms with Crippen LogP contribution in [-0.2, 0) is 19.2 Å². The fourth-order valence-electron chi connectivity index (χ4n) is 5.06. The van der Waals surface area contributed by atoms with Gasteiger partial charge in [0.2, 0.25) is 17.7 Å². The summed E-state index contributed by atoms with van der Waals surface area (Å²) >= 11 is 0. The quantitative estimate of drug-likeness (QED) is 0.594. The first-order chi connectivity index (χ1) is 15.4. The van der Waals surface area contributed by atoms with E-state index in [1.807, 2.05) is 11.0 Å². The molecule has 2 saturated heterocycles. The van der Waals surface area contributed by atoms with Crippen LogP contribution in [0.25, 0.3) is 0 Å². The fourth-order valence-corrected chi connectivity index (χ4v) is 5.06. The Labute approximate surface area is 187 Å². The number of carbonyl (C=O) groups excluding carboxylic acids is 3. The zero-order chi connectivity index (χ0) is 22.7. The second kappa shape index (κ2) is 9.67. The maximum Gasteiger partial charge on any atom is 0.306 e. The minimum atomic E-state index is -0.764. The van der Waals surface area contributed by atoms with Crippen LogP contribution in [0.1, 0.15) is 62.8 Å². The number of carbonyl (C=O) groups is 4. The number of aliphatic carboxylic acids is 1. The van der Waals surface area contributed by atoms with E-state index in [-0.39, 0.29) is 41.5 Å². The Morgan fingerprint density at radius 3 is 2.38 bits per heavy atom. The van der Waals surface area contributed by atoms with E-state index in [0.717, 1.165) is 36.9 Å². The van der Waals surface area contributed by atoms with Crippen LogP contribution in [0, 0.1) is 11.8 Å². The van der Waals surface area contributed by atoms with Gasteiger partial charge >= 0.3 is 5.97 Å². The second-order valence-corrected chi connectivity index (χ2v) is 9.14. The van der Waals surface area contributed by atoms with Crippen LogP contribution < -0.4 is 10.6 Å². The van der Waals surface area contributed by atoms with E-state index in [0.29, 0.717) is 38.8 Å². The summed E-state index contributed by atoms with van der Waals surface area (Å²) in [5.41, 5.74) is 1.64. The van der Waals surface area contributed by atoms with Gasteiger partial charge in [-0.1, -0.05) is 0 Å². The third-order valence-corrected chi connectivity index (χ3v) is 7.00. The fraction of sp³-hybridized carbons (Fsp3) is 0.609. The number of amides is 3. The maximum atomic E-state index is 12.9. The number of likely N-dealkylation sites (tertiary alicyclic amines) is 1. The summed E-state index contributed by atoms with van der Waals surface area (Å²) in [4.78, 5) is 53.6. The van der Waals surface area contributed by atoms with Gasteiger partial charge in [-0.25, -0.2) is 0 Å². The summed E-state index contributed by atoms with van der Waals surface area (Å²) in [6, 6.07) is 2.16. The minimum Gasteiger partial charge on any atom is -0.481 e. The van der Waals surface area contributed by atoms with Crippen molar-refractivity contribution >= 4 is 29.4 Å². The van der Waals surface area contributed by atoms with Gasteiger partial charge in [0.15, 0.2) is 0 Å². The Hall–Kier alpha value is -2.97. The van der Waals surface area contributed by atoms with E-state index in [4.69, 9.17) is 5.11 Å². The number of nitrogens with one attached hydrogen (secondary N) is 2. The molecule has 3 aliphatic rings. The van der Waals surface area contributed by atoms with Crippen LogP contribution in [0.2, 0.25) is 0 Å². The predicted molar refractivity (Wildman–Crippen MR) is 116 cm³/mol. The van der Waals surface area contributed by atoms with E-state index in [9.17, 15) is 19.2 Å². The first kappa shape index (κ1) is 22.2. The highest BCUT2D eigenvalue weighted by atomic mass is 16.4. The third-order valence-electron chi connectivity index (χ3n) is 7.00. The van der Waals surface area contributed by atoms with Gasteiger partial charge in [0.25, 0.3) is 0 Å². The number of rotatable bonds is 5. The number of hydrogen-bond donors (Lipinski definition) is 3. The van der Waals surface area contributed by atoms with Gasteiger partial charge in [-0.05, 0) is 56.6 Å². The molecule has 1 aromatic rings. The van der Waals surface area contributed by atoms with Crippen molar-refractivity contribution in [3.8, 4) is 0 Å². The zero-order valence-corrected chi connectivity index (χ0v) is 18.1. The number of piperidine rings is 2. The molecule has 0 aromatic carbocycles. The molecule has 1 saturated carbocycles. The predicted octanol–water partition coefficient (Wildman–Crippen LogP) is 1.90. The molecule has 3 amide bonds. The van der Waals surface area contributed by atoms with Crippen LogP contribution in [0.15, 0.2) is 18.5 Å².